The first-order valence-corrected chi connectivity index (χ1v) is 3.21. The number of nitrogens with one attached hydrogen (secondary N) is 1. The first kappa shape index (κ1) is 10.4. The third-order valence-electron chi connectivity index (χ3n) is 0.825. The summed E-state index contributed by atoms with van der Waals surface area (Å²) in [7, 11) is 0. The molecule has 1 rings (SSSR count). The van der Waals surface area contributed by atoms with Gasteiger partial charge in [0.25, 0.3) is 0 Å². The predicted octanol–water partition coefficient (Wildman–Crippen LogP) is -2.13. The quantitative estimate of drug-likeness (QED) is 0.302. The van der Waals surface area contributed by atoms with Crippen molar-refractivity contribution in [2.24, 2.45) is 0 Å². The van der Waals surface area contributed by atoms with Crippen molar-refractivity contribution >= 4 is 29.2 Å². The van der Waals surface area contributed by atoms with Crippen LogP contribution in [0.15, 0.2) is 24.5 Å². The molecular formula is C5H5N2NaS2. The van der Waals surface area contributed by atoms with E-state index in [9.17, 15) is 0 Å². The van der Waals surface area contributed by atoms with Gasteiger partial charge in [-0.3, -0.25) is 4.68 Å². The van der Waals surface area contributed by atoms with Gasteiger partial charge in [-0.1, -0.05) is 0 Å². The van der Waals surface area contributed by atoms with Gasteiger partial charge in [0.15, 0.2) is 0 Å². The van der Waals surface area contributed by atoms with Crippen LogP contribution in [0.5, 0.6) is 0 Å². The van der Waals surface area contributed by atoms with Crippen molar-refractivity contribution in [1.29, 1.82) is 0 Å². The fraction of sp³-hybridized carbons (Fsp3) is 0. The van der Waals surface area contributed by atoms with E-state index >= 15 is 0 Å². The molecule has 0 saturated heterocycles. The van der Waals surface area contributed by atoms with Gasteiger partial charge in [0.05, 0.1) is 0 Å². The first-order valence-electron chi connectivity index (χ1n) is 2.40. The number of aromatic nitrogens is 1. The van der Waals surface area contributed by atoms with E-state index in [1.54, 1.807) is 4.68 Å². The van der Waals surface area contributed by atoms with Crippen LogP contribution in [0.2, 0.25) is 0 Å². The van der Waals surface area contributed by atoms with Crippen molar-refractivity contribution in [2.75, 3.05) is 5.43 Å². The zero-order valence-electron chi connectivity index (χ0n) is 5.57. The molecule has 0 unspecified atom stereocenters. The maximum Gasteiger partial charge on any atom is 1.00 e. The Bertz CT molecular complexity index is 197. The molecule has 0 bridgehead atoms. The average Bonchev–Trinajstić information content (AvgIpc) is 2.15. The van der Waals surface area contributed by atoms with Crippen molar-refractivity contribution in [3.8, 4) is 0 Å². The summed E-state index contributed by atoms with van der Waals surface area (Å²) in [5.74, 6) is 0. The maximum atomic E-state index is 4.63. The minimum Gasteiger partial charge on any atom is -0.410 e. The standard InChI is InChI=1S/C5H6N2S2.Na/c8-5(9)6-7-3-1-2-4-7;/h1-4H,(H2,6,8,9);/q;+1/p-1. The van der Waals surface area contributed by atoms with Crippen molar-refractivity contribution in [3.63, 3.8) is 0 Å². The van der Waals surface area contributed by atoms with Gasteiger partial charge in [0, 0.05) is 12.4 Å². The molecule has 48 valence electrons. The molecule has 0 saturated carbocycles. The molecule has 0 atom stereocenters. The van der Waals surface area contributed by atoms with Gasteiger partial charge in [-0.05, 0) is 16.5 Å². The molecule has 5 heteroatoms. The minimum atomic E-state index is 0. The van der Waals surface area contributed by atoms with Crippen LogP contribution in [0.1, 0.15) is 0 Å². The van der Waals surface area contributed by atoms with Crippen molar-refractivity contribution in [3.05, 3.63) is 24.5 Å². The Morgan fingerprint density at radius 1 is 1.40 bits per heavy atom. The molecule has 0 aliphatic rings. The van der Waals surface area contributed by atoms with Crippen LogP contribution < -0.4 is 35.0 Å². The predicted molar refractivity (Wildman–Crippen MR) is 43.8 cm³/mol. The normalized spacial score (nSPS) is 8.00. The Balaban J connectivity index is 0.000000810. The molecule has 0 aliphatic heterocycles. The second-order valence-electron chi connectivity index (χ2n) is 1.49. The number of hydrogen-bond donors (Lipinski definition) is 1. The second kappa shape index (κ2) is 5.09. The summed E-state index contributed by atoms with van der Waals surface area (Å²) in [6, 6.07) is 3.78. The Labute approximate surface area is 92.7 Å². The van der Waals surface area contributed by atoms with E-state index in [0.29, 0.717) is 4.32 Å². The third-order valence-corrected chi connectivity index (χ3v) is 1.01. The molecule has 0 amide bonds. The summed E-state index contributed by atoms with van der Waals surface area (Å²) in [5.41, 5.74) is 2.75. The first-order chi connectivity index (χ1) is 4.29. The minimum absolute atomic E-state index is 0. The molecule has 1 heterocycles. The van der Waals surface area contributed by atoms with Crippen molar-refractivity contribution in [2.45, 2.75) is 0 Å². The van der Waals surface area contributed by atoms with Crippen LogP contribution in [0.3, 0.4) is 0 Å². The monoisotopic (exact) mass is 180 g/mol. The molecule has 1 aromatic rings. The Morgan fingerprint density at radius 2 is 1.90 bits per heavy atom. The van der Waals surface area contributed by atoms with E-state index in [2.05, 4.69) is 30.3 Å². The number of rotatable bonds is 1. The van der Waals surface area contributed by atoms with Gasteiger partial charge in [-0.25, -0.2) is 0 Å². The summed E-state index contributed by atoms with van der Waals surface area (Å²) in [6.45, 7) is 0. The Morgan fingerprint density at radius 3 is 2.30 bits per heavy atom. The van der Waals surface area contributed by atoms with Crippen LogP contribution >= 0.6 is 12.2 Å². The summed E-state index contributed by atoms with van der Waals surface area (Å²) >= 11 is 9.25. The van der Waals surface area contributed by atoms with Crippen LogP contribution in [0, 0.1) is 0 Å². The second-order valence-corrected chi connectivity index (χ2v) is 2.56. The number of thiocarbonyl (C=S) groups is 1. The van der Waals surface area contributed by atoms with Gasteiger partial charge in [0.1, 0.15) is 0 Å². The molecule has 1 aromatic heterocycles. The van der Waals surface area contributed by atoms with E-state index in [-0.39, 0.29) is 29.6 Å². The molecular weight excluding hydrogens is 175 g/mol. The Hall–Kier alpha value is 0.390. The average molecular weight is 180 g/mol. The van der Waals surface area contributed by atoms with E-state index in [1.165, 1.54) is 0 Å². The smallest absolute Gasteiger partial charge is 0.410 e. The third kappa shape index (κ3) is 3.53. The molecule has 0 aliphatic carbocycles. The molecule has 0 radical (unpaired) electrons. The van der Waals surface area contributed by atoms with Crippen LogP contribution in [-0.2, 0) is 12.6 Å². The SMILES string of the molecule is S=C([S-])Nn1cccc1.[Na+]. The topological polar surface area (TPSA) is 17.0 Å². The fourth-order valence-corrected chi connectivity index (χ4v) is 0.725. The van der Waals surface area contributed by atoms with Gasteiger partial charge in [-0.2, -0.15) is 0 Å². The summed E-state index contributed by atoms with van der Waals surface area (Å²) in [4.78, 5) is 0. The van der Waals surface area contributed by atoms with Gasteiger partial charge in [-0.15, -0.1) is 0 Å². The fourth-order valence-electron chi connectivity index (χ4n) is 0.514. The molecule has 1 N–H and O–H groups in total. The van der Waals surface area contributed by atoms with Crippen molar-refractivity contribution in [1.82, 2.24) is 4.68 Å². The van der Waals surface area contributed by atoms with E-state index in [0.717, 1.165) is 0 Å². The van der Waals surface area contributed by atoms with Crippen LogP contribution in [0.25, 0.3) is 0 Å². The number of hydrogen-bond acceptors (Lipinski definition) is 2. The van der Waals surface area contributed by atoms with E-state index in [1.807, 2.05) is 24.5 Å². The molecule has 10 heavy (non-hydrogen) atoms. The van der Waals surface area contributed by atoms with E-state index in [4.69, 9.17) is 0 Å². The maximum absolute atomic E-state index is 4.63. The van der Waals surface area contributed by atoms with Crippen LogP contribution in [-0.4, -0.2) is 9.00 Å². The zero-order valence-corrected chi connectivity index (χ0v) is 9.21. The van der Waals surface area contributed by atoms with Gasteiger partial charge < -0.3 is 30.3 Å². The molecule has 2 nitrogen and oxygen atoms in total. The summed E-state index contributed by atoms with van der Waals surface area (Å²) < 4.78 is 2.06. The summed E-state index contributed by atoms with van der Waals surface area (Å²) in [5, 5.41) is 0. The van der Waals surface area contributed by atoms with E-state index < -0.39 is 0 Å². The molecule has 0 spiro atoms. The van der Waals surface area contributed by atoms with Gasteiger partial charge in [0.2, 0.25) is 0 Å². The van der Waals surface area contributed by atoms with Crippen molar-refractivity contribution < 1.29 is 29.6 Å². The molecule has 0 fully saturated rings. The van der Waals surface area contributed by atoms with Gasteiger partial charge >= 0.3 is 29.6 Å². The number of nitrogens with zero attached hydrogens (tertiary/aromatic N) is 1. The summed E-state index contributed by atoms with van der Waals surface area (Å²) in [6.07, 6.45) is 3.66. The Kier molecular flexibility index (Phi) is 5.29. The largest absolute Gasteiger partial charge is 1.00 e. The zero-order chi connectivity index (χ0) is 6.69. The molecule has 0 aromatic carbocycles. The van der Waals surface area contributed by atoms with Crippen LogP contribution in [0.4, 0.5) is 0 Å².